The molecule has 2 nitrogen and oxygen atoms in total. The zero-order chi connectivity index (χ0) is 2.71. The maximum absolute atomic E-state index is 5.86. The Kier molecular flexibility index (Phi) is 21.6. The molecule has 0 aromatic rings. The van der Waals surface area contributed by atoms with Crippen LogP contribution in [0.3, 0.4) is 0 Å². The third kappa shape index (κ3) is 24.2. The van der Waals surface area contributed by atoms with E-state index in [0.29, 0.717) is 0 Å². The first kappa shape index (κ1) is 8.82. The first-order chi connectivity index (χ1) is 1.41. The van der Waals surface area contributed by atoms with E-state index in [1.165, 1.54) is 0 Å². The molecule has 3 heteroatoms. The second-order valence-corrected chi connectivity index (χ2v) is 0.167. The van der Waals surface area contributed by atoms with Gasteiger partial charge in [0.2, 0.25) is 0 Å². The van der Waals surface area contributed by atoms with Gasteiger partial charge in [-0.15, -0.1) is 0 Å². The van der Waals surface area contributed by atoms with Gasteiger partial charge in [0.15, 0.2) is 0 Å². The van der Waals surface area contributed by atoms with Crippen LogP contribution in [0.15, 0.2) is 0 Å². The van der Waals surface area contributed by atoms with E-state index in [1.807, 2.05) is 0 Å². The summed E-state index contributed by atoms with van der Waals surface area (Å²) in [4.78, 5) is 0. The van der Waals surface area contributed by atoms with Crippen molar-refractivity contribution in [1.29, 1.82) is 5.41 Å². The molecule has 0 amide bonds. The van der Waals surface area contributed by atoms with Crippen molar-refractivity contribution in [3.8, 4) is 0 Å². The largest absolute Gasteiger partial charge is 1.00 e. The Labute approximate surface area is 47.2 Å². The summed E-state index contributed by atoms with van der Waals surface area (Å²) in [7, 11) is 0. The van der Waals surface area contributed by atoms with Gasteiger partial charge in [-0.05, 0) is 0 Å². The standard InChI is InChI=1S/CH4N2.Na/c2-1-3;/h1H,(H3,2,3);/q;+1. The van der Waals surface area contributed by atoms with Crippen LogP contribution in [0.25, 0.3) is 0 Å². The molecule has 0 saturated heterocycles. The van der Waals surface area contributed by atoms with Crippen molar-refractivity contribution >= 4 is 6.34 Å². The molecule has 0 aromatic carbocycles. The fourth-order valence-electron chi connectivity index (χ4n) is 0. The van der Waals surface area contributed by atoms with Gasteiger partial charge in [0.05, 0.1) is 6.34 Å². The van der Waals surface area contributed by atoms with E-state index in [9.17, 15) is 0 Å². The first-order valence-corrected chi connectivity index (χ1v) is 0.622. The van der Waals surface area contributed by atoms with Gasteiger partial charge in [0.25, 0.3) is 0 Å². The minimum Gasteiger partial charge on any atom is -0.390 e. The van der Waals surface area contributed by atoms with Crippen LogP contribution in [0.5, 0.6) is 0 Å². The van der Waals surface area contributed by atoms with Crippen LogP contribution < -0.4 is 35.3 Å². The monoisotopic (exact) mass is 67.0 g/mol. The Balaban J connectivity index is 0. The normalized spacial score (nSPS) is 3.00. The summed E-state index contributed by atoms with van der Waals surface area (Å²) in [6.07, 6.45) is 0.750. The van der Waals surface area contributed by atoms with E-state index in [4.69, 9.17) is 5.41 Å². The summed E-state index contributed by atoms with van der Waals surface area (Å²) in [5.41, 5.74) is 4.39. The van der Waals surface area contributed by atoms with E-state index in [1.54, 1.807) is 0 Å². The van der Waals surface area contributed by atoms with Crippen molar-refractivity contribution in [2.45, 2.75) is 0 Å². The zero-order valence-corrected chi connectivity index (χ0v) is 4.65. The summed E-state index contributed by atoms with van der Waals surface area (Å²) in [5.74, 6) is 0. The van der Waals surface area contributed by atoms with Crippen LogP contribution in [-0.4, -0.2) is 6.34 Å². The van der Waals surface area contributed by atoms with Crippen molar-refractivity contribution in [3.63, 3.8) is 0 Å². The predicted molar refractivity (Wildman–Crippen MR) is 13.0 cm³/mol. The second-order valence-electron chi connectivity index (χ2n) is 0.167. The molecule has 0 fully saturated rings. The second kappa shape index (κ2) is 9.80. The van der Waals surface area contributed by atoms with Crippen LogP contribution >= 0.6 is 0 Å². The van der Waals surface area contributed by atoms with Gasteiger partial charge in [-0.3, -0.25) is 5.41 Å². The third-order valence-electron chi connectivity index (χ3n) is 0. The molecule has 0 spiro atoms. The van der Waals surface area contributed by atoms with E-state index in [2.05, 4.69) is 5.73 Å². The Morgan fingerprint density at radius 3 is 1.75 bits per heavy atom. The first-order valence-electron chi connectivity index (χ1n) is 0.622. The fraction of sp³-hybridized carbons (Fsp3) is 0. The molecule has 3 N–H and O–H groups in total. The van der Waals surface area contributed by atoms with E-state index in [-0.39, 0.29) is 29.6 Å². The molecule has 0 heterocycles. The predicted octanol–water partition coefficient (Wildman–Crippen LogP) is -3.44. The number of rotatable bonds is 0. The van der Waals surface area contributed by atoms with E-state index >= 15 is 0 Å². The molecule has 0 saturated carbocycles. The quantitative estimate of drug-likeness (QED) is 0.173. The molecular formula is CH4N2Na+. The zero-order valence-electron chi connectivity index (χ0n) is 2.65. The van der Waals surface area contributed by atoms with E-state index < -0.39 is 0 Å². The molecule has 0 bridgehead atoms. The molecule has 18 valence electrons. The van der Waals surface area contributed by atoms with Gasteiger partial charge in [-0.2, -0.15) is 0 Å². The molecule has 0 aliphatic heterocycles. The van der Waals surface area contributed by atoms with Crippen molar-refractivity contribution in [3.05, 3.63) is 0 Å². The molecule has 0 aliphatic carbocycles. The Bertz CT molecular complexity index is 13.5. The van der Waals surface area contributed by atoms with Gasteiger partial charge in [0.1, 0.15) is 0 Å². The summed E-state index contributed by atoms with van der Waals surface area (Å²) < 4.78 is 0. The smallest absolute Gasteiger partial charge is 0.390 e. The molecule has 0 radical (unpaired) electrons. The van der Waals surface area contributed by atoms with Crippen molar-refractivity contribution < 1.29 is 29.6 Å². The van der Waals surface area contributed by atoms with Crippen LogP contribution in [0, 0.1) is 5.41 Å². The molecule has 0 rings (SSSR count). The van der Waals surface area contributed by atoms with Crippen LogP contribution in [0.1, 0.15) is 0 Å². The number of hydrogen-bond acceptors (Lipinski definition) is 1. The third-order valence-corrected chi connectivity index (χ3v) is 0. The van der Waals surface area contributed by atoms with Crippen LogP contribution in [-0.2, 0) is 0 Å². The molecule has 0 unspecified atom stereocenters. The summed E-state index contributed by atoms with van der Waals surface area (Å²) >= 11 is 0. The SMILES string of the molecule is N=CN.[Na+]. The summed E-state index contributed by atoms with van der Waals surface area (Å²) in [6.45, 7) is 0. The average Bonchev–Trinajstić information content (AvgIpc) is 0.918. The minimum absolute atomic E-state index is 0. The maximum atomic E-state index is 5.86. The summed E-state index contributed by atoms with van der Waals surface area (Å²) in [5, 5.41) is 5.86. The Morgan fingerprint density at radius 2 is 1.75 bits per heavy atom. The molecule has 0 atom stereocenters. The van der Waals surface area contributed by atoms with Gasteiger partial charge in [-0.25, -0.2) is 0 Å². The van der Waals surface area contributed by atoms with Crippen LogP contribution in [0.2, 0.25) is 0 Å². The Morgan fingerprint density at radius 1 is 1.75 bits per heavy atom. The molecule has 0 aliphatic rings. The maximum Gasteiger partial charge on any atom is 1.00 e. The van der Waals surface area contributed by atoms with Gasteiger partial charge in [0, 0.05) is 0 Å². The fourth-order valence-corrected chi connectivity index (χ4v) is 0. The van der Waals surface area contributed by atoms with Crippen molar-refractivity contribution in [2.24, 2.45) is 5.73 Å². The molecule has 4 heavy (non-hydrogen) atoms. The van der Waals surface area contributed by atoms with Gasteiger partial charge in [-0.1, -0.05) is 0 Å². The van der Waals surface area contributed by atoms with Gasteiger partial charge < -0.3 is 5.73 Å². The average molecular weight is 67.0 g/mol. The number of nitrogens with two attached hydrogens (primary N) is 1. The van der Waals surface area contributed by atoms with Crippen LogP contribution in [0.4, 0.5) is 0 Å². The minimum atomic E-state index is 0. The molecule has 0 aromatic heterocycles. The topological polar surface area (TPSA) is 49.9 Å². The molecular weight excluding hydrogens is 63.0 g/mol. The van der Waals surface area contributed by atoms with Gasteiger partial charge >= 0.3 is 29.6 Å². The number of hydrogen-bond donors (Lipinski definition) is 2. The summed E-state index contributed by atoms with van der Waals surface area (Å²) in [6, 6.07) is 0. The van der Waals surface area contributed by atoms with Crippen molar-refractivity contribution in [1.82, 2.24) is 0 Å². The van der Waals surface area contributed by atoms with E-state index in [0.717, 1.165) is 6.34 Å². The van der Waals surface area contributed by atoms with Crippen molar-refractivity contribution in [2.75, 3.05) is 0 Å². The Hall–Kier alpha value is 0.470. The number of nitrogens with one attached hydrogen (secondary N) is 1.